The van der Waals surface area contributed by atoms with Gasteiger partial charge in [0, 0.05) is 24.9 Å². The van der Waals surface area contributed by atoms with Crippen molar-refractivity contribution in [2.45, 2.75) is 16.6 Å². The number of furan rings is 1. The van der Waals surface area contributed by atoms with Crippen LogP contribution < -0.4 is 9.47 Å². The van der Waals surface area contributed by atoms with E-state index in [1.807, 2.05) is 12.1 Å². The molecule has 0 amide bonds. The molecule has 1 saturated heterocycles. The summed E-state index contributed by atoms with van der Waals surface area (Å²) in [5.41, 5.74) is 0. The lowest BCUT2D eigenvalue weighted by Gasteiger charge is -2.22. The molecule has 0 saturated carbocycles. The molecule has 134 valence electrons. The first-order chi connectivity index (χ1) is 12.1. The lowest BCUT2D eigenvalue weighted by Crippen LogP contribution is -2.33. The van der Waals surface area contributed by atoms with E-state index < -0.39 is 10.0 Å². The zero-order valence-corrected chi connectivity index (χ0v) is 15.2. The molecule has 1 atom stereocenters. The molecule has 0 unspecified atom stereocenters. The second kappa shape index (κ2) is 6.93. The lowest BCUT2D eigenvalue weighted by atomic mass is 10.2. The van der Waals surface area contributed by atoms with Gasteiger partial charge in [-0.2, -0.15) is 4.31 Å². The Labute approximate surface area is 151 Å². The number of thioether (sulfide) groups is 1. The summed E-state index contributed by atoms with van der Waals surface area (Å²) in [5.74, 6) is 2.72. The third-order valence-corrected chi connectivity index (χ3v) is 7.50. The summed E-state index contributed by atoms with van der Waals surface area (Å²) in [5, 5.41) is 0.190. The summed E-state index contributed by atoms with van der Waals surface area (Å²) in [6.07, 6.45) is 2.38. The number of ether oxygens (including phenoxy) is 2. The van der Waals surface area contributed by atoms with Crippen molar-refractivity contribution < 1.29 is 22.3 Å². The van der Waals surface area contributed by atoms with Gasteiger partial charge in [0.05, 0.1) is 16.4 Å². The second-order valence-corrected chi connectivity index (χ2v) is 9.12. The molecular formula is C17H19NO5S2. The minimum Gasteiger partial charge on any atom is -0.486 e. The van der Waals surface area contributed by atoms with Crippen molar-refractivity contribution in [3.8, 4) is 11.5 Å². The number of rotatable bonds is 3. The Balaban J connectivity index is 1.54. The topological polar surface area (TPSA) is 69.0 Å². The summed E-state index contributed by atoms with van der Waals surface area (Å²) in [7, 11) is -3.56. The maximum Gasteiger partial charge on any atom is 0.243 e. The number of fused-ring (bicyclic) bond motifs is 1. The fourth-order valence-electron chi connectivity index (χ4n) is 3.03. The van der Waals surface area contributed by atoms with Gasteiger partial charge in [-0.05, 0) is 30.7 Å². The number of hydrogen-bond donors (Lipinski definition) is 0. The van der Waals surface area contributed by atoms with E-state index >= 15 is 0 Å². The van der Waals surface area contributed by atoms with Crippen LogP contribution in [0.3, 0.4) is 0 Å². The molecule has 2 aromatic rings. The molecular weight excluding hydrogens is 362 g/mol. The molecule has 8 heteroatoms. The molecule has 0 bridgehead atoms. The van der Waals surface area contributed by atoms with Crippen molar-refractivity contribution in [1.82, 2.24) is 4.31 Å². The van der Waals surface area contributed by atoms with Crippen LogP contribution >= 0.6 is 11.8 Å². The van der Waals surface area contributed by atoms with E-state index in [0.717, 1.165) is 17.9 Å². The predicted octanol–water partition coefficient (Wildman–Crippen LogP) is 2.92. The van der Waals surface area contributed by atoms with Crippen LogP contribution in [-0.2, 0) is 10.0 Å². The number of benzene rings is 1. The van der Waals surface area contributed by atoms with Gasteiger partial charge in [0.2, 0.25) is 10.0 Å². The average Bonchev–Trinajstić information content (AvgIpc) is 3.05. The Bertz CT molecular complexity index is 835. The van der Waals surface area contributed by atoms with Crippen LogP contribution in [0.15, 0.2) is 45.9 Å². The minimum absolute atomic E-state index is 0.190. The Kier molecular flexibility index (Phi) is 4.66. The number of hydrogen-bond acceptors (Lipinski definition) is 6. The summed E-state index contributed by atoms with van der Waals surface area (Å²) in [6.45, 7) is 1.87. The van der Waals surface area contributed by atoms with Gasteiger partial charge in [0.25, 0.3) is 0 Å². The molecule has 25 heavy (non-hydrogen) atoms. The van der Waals surface area contributed by atoms with Crippen LogP contribution in [0.25, 0.3) is 0 Å². The molecule has 1 aromatic heterocycles. The molecule has 2 aliphatic rings. The molecule has 2 aliphatic heterocycles. The van der Waals surface area contributed by atoms with Crippen LogP contribution in [0.1, 0.15) is 17.4 Å². The van der Waals surface area contributed by atoms with Gasteiger partial charge in [-0.3, -0.25) is 0 Å². The third-order valence-electron chi connectivity index (χ3n) is 4.31. The van der Waals surface area contributed by atoms with E-state index in [-0.39, 0.29) is 10.1 Å². The van der Waals surface area contributed by atoms with E-state index in [0.29, 0.717) is 37.8 Å². The first kappa shape index (κ1) is 16.8. The summed E-state index contributed by atoms with van der Waals surface area (Å²) in [4.78, 5) is 0.248. The van der Waals surface area contributed by atoms with Crippen molar-refractivity contribution in [2.24, 2.45) is 0 Å². The highest BCUT2D eigenvalue weighted by Crippen LogP contribution is 2.37. The molecule has 0 aliphatic carbocycles. The van der Waals surface area contributed by atoms with E-state index in [2.05, 4.69) is 0 Å². The van der Waals surface area contributed by atoms with Crippen molar-refractivity contribution >= 4 is 21.8 Å². The van der Waals surface area contributed by atoms with Crippen LogP contribution in [0.2, 0.25) is 0 Å². The summed E-state index contributed by atoms with van der Waals surface area (Å²) in [6, 6.07) is 8.63. The first-order valence-corrected chi connectivity index (χ1v) is 10.7. The largest absolute Gasteiger partial charge is 0.486 e. The molecule has 4 rings (SSSR count). The predicted molar refractivity (Wildman–Crippen MR) is 94.7 cm³/mol. The maximum atomic E-state index is 13.0. The number of sulfonamides is 1. The van der Waals surface area contributed by atoms with Gasteiger partial charge in [-0.15, -0.1) is 11.8 Å². The van der Waals surface area contributed by atoms with Crippen LogP contribution in [-0.4, -0.2) is 44.8 Å². The van der Waals surface area contributed by atoms with Gasteiger partial charge < -0.3 is 13.9 Å². The van der Waals surface area contributed by atoms with E-state index in [4.69, 9.17) is 13.9 Å². The Morgan fingerprint density at radius 3 is 2.72 bits per heavy atom. The van der Waals surface area contributed by atoms with Crippen molar-refractivity contribution in [1.29, 1.82) is 0 Å². The Morgan fingerprint density at radius 1 is 1.08 bits per heavy atom. The smallest absolute Gasteiger partial charge is 0.243 e. The number of nitrogens with zero attached hydrogens (tertiary/aromatic N) is 1. The molecule has 1 aromatic carbocycles. The summed E-state index contributed by atoms with van der Waals surface area (Å²) < 4.78 is 44.0. The highest BCUT2D eigenvalue weighted by Gasteiger charge is 2.30. The van der Waals surface area contributed by atoms with Crippen LogP contribution in [0.4, 0.5) is 0 Å². The zero-order chi connectivity index (χ0) is 17.3. The fourth-order valence-corrected chi connectivity index (χ4v) is 5.79. The molecule has 3 heterocycles. The molecule has 1 fully saturated rings. The van der Waals surface area contributed by atoms with Crippen molar-refractivity contribution in [3.63, 3.8) is 0 Å². The van der Waals surface area contributed by atoms with Gasteiger partial charge in [-0.1, -0.05) is 0 Å². The van der Waals surface area contributed by atoms with Gasteiger partial charge >= 0.3 is 0 Å². The van der Waals surface area contributed by atoms with E-state index in [1.54, 1.807) is 40.5 Å². The highest BCUT2D eigenvalue weighted by atomic mass is 32.2. The van der Waals surface area contributed by atoms with E-state index in [9.17, 15) is 8.42 Å². The van der Waals surface area contributed by atoms with Gasteiger partial charge in [-0.25, -0.2) is 8.42 Å². The Morgan fingerprint density at radius 2 is 1.92 bits per heavy atom. The fraction of sp³-hybridized carbons (Fsp3) is 0.412. The maximum absolute atomic E-state index is 13.0. The minimum atomic E-state index is -3.56. The first-order valence-electron chi connectivity index (χ1n) is 8.19. The van der Waals surface area contributed by atoms with Gasteiger partial charge in [0.1, 0.15) is 19.0 Å². The van der Waals surface area contributed by atoms with Crippen molar-refractivity contribution in [2.75, 3.05) is 32.1 Å². The average molecular weight is 381 g/mol. The quantitative estimate of drug-likeness (QED) is 0.814. The molecule has 6 nitrogen and oxygen atoms in total. The molecule has 0 N–H and O–H groups in total. The molecule has 0 radical (unpaired) electrons. The molecule has 0 spiro atoms. The monoisotopic (exact) mass is 381 g/mol. The van der Waals surface area contributed by atoms with Crippen molar-refractivity contribution in [3.05, 3.63) is 42.4 Å². The SMILES string of the molecule is O=S(=O)(c1ccc2c(c1)OCCO2)N1CCS[C@H](c2ccco2)CC1. The van der Waals surface area contributed by atoms with Crippen LogP contribution in [0.5, 0.6) is 11.5 Å². The second-order valence-electron chi connectivity index (χ2n) is 5.87. The van der Waals surface area contributed by atoms with E-state index in [1.165, 1.54) is 0 Å². The standard InChI is InChI=1S/C17H19NO5S2/c19-25(20,13-3-4-14-16(12-13)23-10-9-22-14)18-6-5-17(24-11-7-18)15-2-1-8-21-15/h1-4,8,12,17H,5-7,9-11H2/t17-/m0/s1. The van der Waals surface area contributed by atoms with Crippen LogP contribution in [0, 0.1) is 0 Å². The zero-order valence-electron chi connectivity index (χ0n) is 13.6. The highest BCUT2D eigenvalue weighted by molar-refractivity contribution is 7.99. The Hall–Kier alpha value is -1.64. The normalized spacial score (nSPS) is 21.7. The lowest BCUT2D eigenvalue weighted by molar-refractivity contribution is 0.171. The third kappa shape index (κ3) is 3.38. The summed E-state index contributed by atoms with van der Waals surface area (Å²) >= 11 is 1.74. The van der Waals surface area contributed by atoms with Gasteiger partial charge in [0.15, 0.2) is 11.5 Å².